The maximum atomic E-state index is 14.2. The highest BCUT2D eigenvalue weighted by Gasteiger charge is 2.46. The third-order valence-electron chi connectivity index (χ3n) is 7.22. The molecule has 0 aromatic heterocycles. The number of hydrogen-bond donors (Lipinski definition) is 0. The van der Waals surface area contributed by atoms with Crippen molar-refractivity contribution in [2.24, 2.45) is 5.10 Å². The maximum absolute atomic E-state index is 14.2. The number of ketones is 1. The third kappa shape index (κ3) is 4.27. The Hall–Kier alpha value is -4.38. The number of nitrogens with zero attached hydrogens (tertiary/aromatic N) is 3. The smallest absolute Gasteiger partial charge is 0.194 e. The normalized spacial score (nSPS) is 20.7. The van der Waals surface area contributed by atoms with Gasteiger partial charge < -0.3 is 9.64 Å². The van der Waals surface area contributed by atoms with Crippen molar-refractivity contribution in [1.82, 2.24) is 5.01 Å². The second kappa shape index (κ2) is 9.58. The average Bonchev–Trinajstić information content (AvgIpc) is 3.39. The molecule has 0 radical (unpaired) electrons. The van der Waals surface area contributed by atoms with Crippen LogP contribution in [0, 0.1) is 0 Å². The summed E-state index contributed by atoms with van der Waals surface area (Å²) in [7, 11) is 4.03. The molecule has 0 N–H and O–H groups in total. The zero-order valence-electron chi connectivity index (χ0n) is 21.0. The van der Waals surface area contributed by atoms with Gasteiger partial charge in [0.25, 0.3) is 0 Å². The van der Waals surface area contributed by atoms with Gasteiger partial charge in [-0.2, -0.15) is 5.10 Å². The van der Waals surface area contributed by atoms with E-state index in [1.165, 1.54) is 0 Å². The molecule has 0 saturated heterocycles. The van der Waals surface area contributed by atoms with Gasteiger partial charge in [-0.1, -0.05) is 84.9 Å². The molecule has 4 aromatic carbocycles. The van der Waals surface area contributed by atoms with Gasteiger partial charge in [-0.25, -0.2) is 0 Å². The van der Waals surface area contributed by atoms with E-state index < -0.39 is 12.1 Å². The molecule has 0 spiro atoms. The molecule has 6 rings (SSSR count). The number of rotatable bonds is 5. The lowest BCUT2D eigenvalue weighted by Gasteiger charge is -2.39. The van der Waals surface area contributed by atoms with Gasteiger partial charge in [-0.05, 0) is 41.0 Å². The standard InChI is InChI=1S/C32H29N3O2/c1-34(2)25-19-17-24(18-20-25)32-30(31(36)26-15-9-10-16-29(26)37-32)35-28(23-13-7-4-8-14-23)21-27(33-35)22-11-5-3-6-12-22/h3-20,28,30,32H,21H2,1-2H3. The van der Waals surface area contributed by atoms with Gasteiger partial charge in [0.15, 0.2) is 17.9 Å². The Balaban J connectivity index is 1.48. The van der Waals surface area contributed by atoms with Gasteiger partial charge in [0.05, 0.1) is 17.3 Å². The largest absolute Gasteiger partial charge is 0.482 e. The van der Waals surface area contributed by atoms with E-state index in [1.807, 2.05) is 79.8 Å². The third-order valence-corrected chi connectivity index (χ3v) is 7.22. The lowest BCUT2D eigenvalue weighted by molar-refractivity contribution is 0.0301. The van der Waals surface area contributed by atoms with Gasteiger partial charge >= 0.3 is 0 Å². The molecule has 37 heavy (non-hydrogen) atoms. The van der Waals surface area contributed by atoms with E-state index in [2.05, 4.69) is 53.4 Å². The van der Waals surface area contributed by atoms with Gasteiger partial charge in [0.1, 0.15) is 5.75 Å². The van der Waals surface area contributed by atoms with Crippen LogP contribution >= 0.6 is 0 Å². The first-order valence-electron chi connectivity index (χ1n) is 12.6. The molecule has 5 heteroatoms. The van der Waals surface area contributed by atoms with Crippen molar-refractivity contribution in [1.29, 1.82) is 0 Å². The van der Waals surface area contributed by atoms with Crippen molar-refractivity contribution in [3.63, 3.8) is 0 Å². The summed E-state index contributed by atoms with van der Waals surface area (Å²) < 4.78 is 6.59. The van der Waals surface area contributed by atoms with Crippen LogP contribution in [-0.2, 0) is 0 Å². The number of benzene rings is 4. The SMILES string of the molecule is CN(C)c1ccc(C2Oc3ccccc3C(=O)C2N2N=C(c3ccccc3)CC2c2ccccc2)cc1. The molecule has 0 bridgehead atoms. The Labute approximate surface area is 217 Å². The van der Waals surface area contributed by atoms with Gasteiger partial charge in [0, 0.05) is 26.2 Å². The highest BCUT2D eigenvalue weighted by atomic mass is 16.5. The number of hydrazone groups is 1. The lowest BCUT2D eigenvalue weighted by Crippen LogP contribution is -2.47. The zero-order valence-corrected chi connectivity index (χ0v) is 21.0. The highest BCUT2D eigenvalue weighted by molar-refractivity contribution is 6.05. The molecule has 2 aliphatic heterocycles. The van der Waals surface area contributed by atoms with Gasteiger partial charge in [-0.15, -0.1) is 0 Å². The molecule has 2 heterocycles. The Bertz CT molecular complexity index is 1430. The number of ether oxygens (including phenoxy) is 1. The fourth-order valence-electron chi connectivity index (χ4n) is 5.28. The number of para-hydroxylation sites is 1. The van der Waals surface area contributed by atoms with Crippen LogP contribution in [0.15, 0.2) is 114 Å². The van der Waals surface area contributed by atoms with E-state index in [1.54, 1.807) is 0 Å². The molecule has 0 aliphatic carbocycles. The van der Waals surface area contributed by atoms with E-state index in [-0.39, 0.29) is 11.8 Å². The molecule has 3 unspecified atom stereocenters. The van der Waals surface area contributed by atoms with Crippen LogP contribution in [-0.4, -0.2) is 36.6 Å². The van der Waals surface area contributed by atoms with E-state index in [0.717, 1.165) is 28.1 Å². The monoisotopic (exact) mass is 487 g/mol. The number of anilines is 1. The Kier molecular flexibility index (Phi) is 5.97. The first-order valence-corrected chi connectivity index (χ1v) is 12.6. The molecule has 0 fully saturated rings. The number of carbonyl (C=O) groups is 1. The fourth-order valence-corrected chi connectivity index (χ4v) is 5.28. The maximum Gasteiger partial charge on any atom is 0.194 e. The van der Waals surface area contributed by atoms with Crippen LogP contribution in [0.4, 0.5) is 5.69 Å². The molecule has 3 atom stereocenters. The van der Waals surface area contributed by atoms with Crippen molar-refractivity contribution < 1.29 is 9.53 Å². The minimum Gasteiger partial charge on any atom is -0.482 e. The number of hydrogen-bond acceptors (Lipinski definition) is 5. The highest BCUT2D eigenvalue weighted by Crippen LogP contribution is 2.43. The molecular formula is C32H29N3O2. The quantitative estimate of drug-likeness (QED) is 0.332. The summed E-state index contributed by atoms with van der Waals surface area (Å²) in [4.78, 5) is 16.2. The van der Waals surface area contributed by atoms with Crippen LogP contribution < -0.4 is 9.64 Å². The van der Waals surface area contributed by atoms with Crippen LogP contribution in [0.25, 0.3) is 0 Å². The van der Waals surface area contributed by atoms with Crippen molar-refractivity contribution >= 4 is 17.2 Å². The summed E-state index contributed by atoms with van der Waals surface area (Å²) in [6.45, 7) is 0. The Morgan fingerprint density at radius 3 is 2.14 bits per heavy atom. The van der Waals surface area contributed by atoms with Crippen molar-refractivity contribution in [3.8, 4) is 5.75 Å². The van der Waals surface area contributed by atoms with Crippen molar-refractivity contribution in [3.05, 3.63) is 131 Å². The summed E-state index contributed by atoms with van der Waals surface area (Å²) in [5.74, 6) is 0.649. The molecule has 2 aliphatic rings. The first-order chi connectivity index (χ1) is 18.1. The average molecular weight is 488 g/mol. The van der Waals surface area contributed by atoms with E-state index in [9.17, 15) is 4.79 Å². The molecule has 0 amide bonds. The first kappa shape index (κ1) is 23.0. The summed E-state index contributed by atoms with van der Waals surface area (Å²) in [6, 6.07) is 35.6. The van der Waals surface area contributed by atoms with Crippen LogP contribution in [0.1, 0.15) is 45.6 Å². The molecule has 0 saturated carbocycles. The molecule has 5 nitrogen and oxygen atoms in total. The van der Waals surface area contributed by atoms with Crippen LogP contribution in [0.3, 0.4) is 0 Å². The predicted molar refractivity (Wildman–Crippen MR) is 147 cm³/mol. The molecular weight excluding hydrogens is 458 g/mol. The number of fused-ring (bicyclic) bond motifs is 1. The van der Waals surface area contributed by atoms with E-state index >= 15 is 0 Å². The Morgan fingerprint density at radius 1 is 0.784 bits per heavy atom. The molecule has 4 aromatic rings. The fraction of sp³-hybridized carbons (Fsp3) is 0.188. The van der Waals surface area contributed by atoms with E-state index in [0.29, 0.717) is 17.7 Å². The number of Topliss-reactive ketones (excluding diaryl/α,β-unsaturated/α-hetero) is 1. The summed E-state index contributed by atoms with van der Waals surface area (Å²) in [5, 5.41) is 7.13. The van der Waals surface area contributed by atoms with Crippen molar-refractivity contribution in [2.45, 2.75) is 24.6 Å². The zero-order chi connectivity index (χ0) is 25.4. The summed E-state index contributed by atoms with van der Waals surface area (Å²) in [5.41, 5.74) is 5.82. The summed E-state index contributed by atoms with van der Waals surface area (Å²) >= 11 is 0. The lowest BCUT2D eigenvalue weighted by atomic mass is 9.89. The Morgan fingerprint density at radius 2 is 1.43 bits per heavy atom. The second-order valence-corrected chi connectivity index (χ2v) is 9.75. The van der Waals surface area contributed by atoms with Crippen molar-refractivity contribution in [2.75, 3.05) is 19.0 Å². The minimum absolute atomic E-state index is 0.0301. The van der Waals surface area contributed by atoms with Crippen LogP contribution in [0.5, 0.6) is 5.75 Å². The van der Waals surface area contributed by atoms with Crippen LogP contribution in [0.2, 0.25) is 0 Å². The van der Waals surface area contributed by atoms with Gasteiger partial charge in [0.2, 0.25) is 0 Å². The second-order valence-electron chi connectivity index (χ2n) is 9.75. The molecule has 184 valence electrons. The topological polar surface area (TPSA) is 45.1 Å². The predicted octanol–water partition coefficient (Wildman–Crippen LogP) is 6.29. The summed E-state index contributed by atoms with van der Waals surface area (Å²) in [6.07, 6.45) is 0.217. The minimum atomic E-state index is -0.605. The van der Waals surface area contributed by atoms with Gasteiger partial charge in [-0.3, -0.25) is 9.80 Å². The van der Waals surface area contributed by atoms with E-state index in [4.69, 9.17) is 9.84 Å². The number of carbonyl (C=O) groups excluding carboxylic acids is 1.